The Hall–Kier alpha value is -9.42. The summed E-state index contributed by atoms with van der Waals surface area (Å²) in [6, 6.07) is 76.4. The van der Waals surface area contributed by atoms with E-state index in [4.69, 9.17) is 0 Å². The van der Waals surface area contributed by atoms with Crippen LogP contribution in [0.1, 0.15) is 130 Å². The van der Waals surface area contributed by atoms with Crippen LogP contribution >= 0.6 is 0 Å². The first kappa shape index (κ1) is 61.7. The van der Waals surface area contributed by atoms with Gasteiger partial charge in [-0.25, -0.2) is 0 Å². The summed E-state index contributed by atoms with van der Waals surface area (Å²) < 4.78 is 9.59. The molecule has 5 heterocycles. The minimum absolute atomic E-state index is 0. The van der Waals surface area contributed by atoms with Crippen LogP contribution in [0.2, 0.25) is 0 Å². The topological polar surface area (TPSA) is 41.7 Å². The third-order valence-corrected chi connectivity index (χ3v) is 17.0. The van der Waals surface area contributed by atoms with Gasteiger partial charge in [-0.2, -0.15) is 0 Å². The van der Waals surface area contributed by atoms with Gasteiger partial charge in [0.1, 0.15) is 0 Å². The molecule has 13 aromatic rings. The molecule has 0 bridgehead atoms. The molecule has 0 saturated carbocycles. The third kappa shape index (κ3) is 11.3. The lowest BCUT2D eigenvalue weighted by atomic mass is 9.86. The molecule has 9 aromatic carbocycles. The van der Waals surface area contributed by atoms with E-state index in [0.29, 0.717) is 18.0 Å². The van der Waals surface area contributed by atoms with Crippen LogP contribution < -0.4 is 5.32 Å². The van der Waals surface area contributed by atoms with Crippen molar-refractivity contribution in [2.45, 2.75) is 108 Å². The summed E-state index contributed by atoms with van der Waals surface area (Å²) in [4.78, 5) is 0. The zero-order chi connectivity index (χ0) is 60.9. The molecule has 0 spiro atoms. The van der Waals surface area contributed by atoms with Crippen LogP contribution in [0.5, 0.6) is 0 Å². The average Bonchev–Trinajstić information content (AvgIpc) is 2.98. The van der Waals surface area contributed by atoms with Crippen molar-refractivity contribution in [2.24, 2.45) is 0 Å². The molecule has 0 radical (unpaired) electrons. The molecule has 1 N–H and O–H groups in total. The normalized spacial score (nSPS) is 14.5. The van der Waals surface area contributed by atoms with Gasteiger partial charge >= 0.3 is 0 Å². The van der Waals surface area contributed by atoms with Gasteiger partial charge in [0.15, 0.2) is 0 Å². The monoisotopic (exact) mass is 1150 g/mol. The predicted molar refractivity (Wildman–Crippen MR) is 388 cm³/mol. The minimum Gasteiger partial charge on any atom is -0.338 e. The maximum Gasteiger partial charge on any atom is 0.0547 e. The summed E-state index contributed by atoms with van der Waals surface area (Å²) in [7, 11) is 0. The highest BCUT2D eigenvalue weighted by Crippen LogP contribution is 2.42. The molecule has 1 fully saturated rings. The van der Waals surface area contributed by atoms with Crippen LogP contribution in [-0.4, -0.2) is 24.8 Å². The highest BCUT2D eigenvalue weighted by Gasteiger charge is 2.26. The minimum atomic E-state index is 0. The SMILES string of the molecule is C.C=C(/C=C(\C)c1ccc(C2CN2)cc1)n1c2ccccc2c2ccc(-c3ccc4c(c3)c3ccccc3n4C(/C=C\C)=C/C)cc21.CC.CC.CC.CC(C)n1c2ccccc2c2ccc(C3C=Cc4c(c5ccccc5n4-c4ccccc4)C3)cc21. The summed E-state index contributed by atoms with van der Waals surface area (Å²) in [5.41, 5.74) is 22.3. The first-order chi connectivity index (χ1) is 42.8. The molecule has 15 rings (SSSR count). The first-order valence-corrected chi connectivity index (χ1v) is 31.7. The van der Waals surface area contributed by atoms with Gasteiger partial charge in [0, 0.05) is 96.1 Å². The molecule has 2 unspecified atom stereocenters. The summed E-state index contributed by atoms with van der Waals surface area (Å²) in [5.74, 6) is 0.362. The van der Waals surface area contributed by atoms with E-state index in [1.807, 2.05) is 41.5 Å². The molecule has 1 aliphatic heterocycles. The van der Waals surface area contributed by atoms with Crippen LogP contribution in [0, 0.1) is 0 Å². The van der Waals surface area contributed by atoms with Crippen molar-refractivity contribution in [2.75, 3.05) is 6.54 Å². The Labute approximate surface area is 522 Å². The molecule has 5 nitrogen and oxygen atoms in total. The van der Waals surface area contributed by atoms with Gasteiger partial charge < -0.3 is 23.6 Å². The second kappa shape index (κ2) is 27.1. The fourth-order valence-corrected chi connectivity index (χ4v) is 13.1. The van der Waals surface area contributed by atoms with Crippen molar-refractivity contribution in [1.82, 2.24) is 23.6 Å². The lowest BCUT2D eigenvalue weighted by Crippen LogP contribution is -2.07. The second-order valence-corrected chi connectivity index (χ2v) is 22.3. The fourth-order valence-electron chi connectivity index (χ4n) is 13.1. The van der Waals surface area contributed by atoms with Crippen LogP contribution in [0.25, 0.3) is 116 Å². The average molecular weight is 1150 g/mol. The van der Waals surface area contributed by atoms with Crippen molar-refractivity contribution >= 4 is 99.4 Å². The number of para-hydroxylation sites is 5. The molecule has 444 valence electrons. The summed E-state index contributed by atoms with van der Waals surface area (Å²) in [5, 5.41) is 12.4. The fraction of sp³-hybridized carbons (Fsp3) is 0.205. The van der Waals surface area contributed by atoms with Crippen molar-refractivity contribution in [3.8, 4) is 16.8 Å². The summed E-state index contributed by atoms with van der Waals surface area (Å²) >= 11 is 0. The molecular formula is C83H87N5. The number of aromatic nitrogens is 4. The van der Waals surface area contributed by atoms with E-state index in [1.54, 1.807) is 0 Å². The smallest absolute Gasteiger partial charge is 0.0547 e. The zero-order valence-corrected chi connectivity index (χ0v) is 52.7. The first-order valence-electron chi connectivity index (χ1n) is 31.7. The predicted octanol–water partition coefficient (Wildman–Crippen LogP) is 23.6. The number of fused-ring (bicyclic) bond motifs is 12. The molecule has 88 heavy (non-hydrogen) atoms. The molecule has 2 atom stereocenters. The van der Waals surface area contributed by atoms with Gasteiger partial charge in [0.25, 0.3) is 0 Å². The van der Waals surface area contributed by atoms with E-state index in [0.717, 1.165) is 24.2 Å². The Morgan fingerprint density at radius 2 is 1.05 bits per heavy atom. The van der Waals surface area contributed by atoms with E-state index in [-0.39, 0.29) is 7.43 Å². The van der Waals surface area contributed by atoms with Crippen molar-refractivity contribution < 1.29 is 0 Å². The Morgan fingerprint density at radius 1 is 0.523 bits per heavy atom. The lowest BCUT2D eigenvalue weighted by Gasteiger charge is -2.20. The number of nitrogens with one attached hydrogen (secondary N) is 1. The van der Waals surface area contributed by atoms with Gasteiger partial charge in [0.2, 0.25) is 0 Å². The van der Waals surface area contributed by atoms with Gasteiger partial charge in [-0.15, -0.1) is 0 Å². The van der Waals surface area contributed by atoms with Crippen LogP contribution in [0.3, 0.4) is 0 Å². The van der Waals surface area contributed by atoms with E-state index in [2.05, 4.69) is 307 Å². The quantitative estimate of drug-likeness (QED) is 0.108. The van der Waals surface area contributed by atoms with E-state index >= 15 is 0 Å². The number of hydrogen-bond acceptors (Lipinski definition) is 1. The van der Waals surface area contributed by atoms with Gasteiger partial charge in [-0.1, -0.05) is 219 Å². The number of allylic oxidation sites excluding steroid dienone is 8. The largest absolute Gasteiger partial charge is 0.338 e. The number of nitrogens with zero attached hydrogens (tertiary/aromatic N) is 4. The highest BCUT2D eigenvalue weighted by atomic mass is 15.1. The summed E-state index contributed by atoms with van der Waals surface area (Å²) in [6.45, 7) is 28.6. The van der Waals surface area contributed by atoms with Crippen molar-refractivity contribution in [1.29, 1.82) is 0 Å². The third-order valence-electron chi connectivity index (χ3n) is 17.0. The Bertz CT molecular complexity index is 4750. The van der Waals surface area contributed by atoms with Crippen molar-refractivity contribution in [3.63, 3.8) is 0 Å². The highest BCUT2D eigenvalue weighted by molar-refractivity contribution is 6.14. The van der Waals surface area contributed by atoms with Crippen LogP contribution in [-0.2, 0) is 6.42 Å². The molecule has 0 amide bonds. The van der Waals surface area contributed by atoms with E-state index < -0.39 is 0 Å². The van der Waals surface area contributed by atoms with Crippen LogP contribution in [0.15, 0.2) is 243 Å². The maximum atomic E-state index is 4.60. The van der Waals surface area contributed by atoms with Gasteiger partial charge in [0.05, 0.1) is 27.6 Å². The Morgan fingerprint density at radius 3 is 1.69 bits per heavy atom. The van der Waals surface area contributed by atoms with E-state index in [9.17, 15) is 0 Å². The van der Waals surface area contributed by atoms with E-state index in [1.165, 1.54) is 127 Å². The number of benzene rings is 9. The molecular weight excluding hydrogens is 1070 g/mol. The zero-order valence-electron chi connectivity index (χ0n) is 52.7. The number of hydrogen-bond donors (Lipinski definition) is 1. The molecule has 4 aromatic heterocycles. The standard InChI is InChI=1S/C43H37N3.C33H28N2.3C2H6.CH4/c1-5-11-34(6-2)46-41-15-10-8-13-36(41)38-25-32(21-23-42(38)46)33-20-22-37-35-12-7-9-14-40(35)45(43(37)26-33)29(4)24-28(3)30-16-18-31(19-17-30)39-27-44-39;1-22(2)34-30-14-8-6-12-26(30)28-18-16-24(21-33(28)34)23-17-19-32-29(20-23)27-13-7-9-15-31(27)35(32)25-10-4-3-5-11-25;3*1-2;/h5-26,39,44H,4,27H2,1-3H3;3-19,21-23H,20H2,1-2H3;3*1-2H3;1H4/b11-5-,28-24+,34-6+;;;;;. The molecule has 2 aliphatic rings. The number of rotatable bonds is 10. The maximum absolute atomic E-state index is 4.60. The Balaban J connectivity index is 0.000000183. The Kier molecular flexibility index (Phi) is 19.0. The second-order valence-electron chi connectivity index (χ2n) is 22.3. The molecule has 1 aliphatic carbocycles. The van der Waals surface area contributed by atoms with Crippen LogP contribution in [0.4, 0.5) is 0 Å². The molecule has 5 heteroatoms. The molecule has 1 saturated heterocycles. The summed E-state index contributed by atoms with van der Waals surface area (Å²) in [6.07, 6.45) is 14.4. The van der Waals surface area contributed by atoms with Crippen molar-refractivity contribution in [3.05, 3.63) is 271 Å². The van der Waals surface area contributed by atoms with Gasteiger partial charge in [-0.3, -0.25) is 0 Å². The lowest BCUT2D eigenvalue weighted by molar-refractivity contribution is 0.642. The van der Waals surface area contributed by atoms with Gasteiger partial charge in [-0.05, 0) is 159 Å².